The average Bonchev–Trinajstić information content (AvgIpc) is 2.73. The molecule has 28 heavy (non-hydrogen) atoms. The summed E-state index contributed by atoms with van der Waals surface area (Å²) in [6, 6.07) is 1.91. The zero-order chi connectivity index (χ0) is 20.3. The molecule has 158 valence electrons. The van der Waals surface area contributed by atoms with E-state index >= 15 is 0 Å². The molecule has 1 aromatic rings. The van der Waals surface area contributed by atoms with Gasteiger partial charge in [-0.15, -0.1) is 0 Å². The molecule has 1 aromatic carbocycles. The number of aryl methyl sites for hydroxylation is 1. The number of rotatable bonds is 2. The Morgan fingerprint density at radius 2 is 1.36 bits per heavy atom. The standard InChI is InChI=1S/C23H32F2O.C2H6/c1-14-3-6-16(7-4-14)17-9-11-18(12-10-17)20-13-19-8-5-15(2)26-23(19)22(25)21(20)24;1-2/h13-18H,3-12H2,1-2H3;1-2H3. The van der Waals surface area contributed by atoms with E-state index in [1.54, 1.807) is 0 Å². The molecule has 1 nitrogen and oxygen atoms in total. The molecule has 3 aliphatic rings. The number of halogens is 2. The fraction of sp³-hybridized carbons (Fsp3) is 0.760. The van der Waals surface area contributed by atoms with Gasteiger partial charge in [-0.05, 0) is 99.2 Å². The monoisotopic (exact) mass is 392 g/mol. The summed E-state index contributed by atoms with van der Waals surface area (Å²) in [5.74, 6) is 1.48. The van der Waals surface area contributed by atoms with Crippen molar-refractivity contribution in [1.82, 2.24) is 0 Å². The predicted molar refractivity (Wildman–Crippen MR) is 112 cm³/mol. The molecule has 0 saturated heterocycles. The van der Waals surface area contributed by atoms with E-state index in [-0.39, 0.29) is 17.8 Å². The molecule has 0 aromatic heterocycles. The highest BCUT2D eigenvalue weighted by Crippen LogP contribution is 2.45. The Bertz CT molecular complexity index is 640. The van der Waals surface area contributed by atoms with Crippen LogP contribution in [0.25, 0.3) is 0 Å². The molecule has 0 radical (unpaired) electrons. The number of ether oxygens (including phenoxy) is 1. The van der Waals surface area contributed by atoms with E-state index in [1.807, 2.05) is 26.8 Å². The van der Waals surface area contributed by atoms with Gasteiger partial charge in [-0.2, -0.15) is 4.39 Å². The van der Waals surface area contributed by atoms with Gasteiger partial charge in [0.15, 0.2) is 11.6 Å². The van der Waals surface area contributed by atoms with Crippen LogP contribution in [0.3, 0.4) is 0 Å². The van der Waals surface area contributed by atoms with Gasteiger partial charge < -0.3 is 4.74 Å². The van der Waals surface area contributed by atoms with E-state index in [0.717, 1.165) is 49.0 Å². The minimum absolute atomic E-state index is 0.0316. The van der Waals surface area contributed by atoms with Gasteiger partial charge in [-0.25, -0.2) is 4.39 Å². The highest BCUT2D eigenvalue weighted by Gasteiger charge is 2.33. The SMILES string of the molecule is CC.CC1CCC(C2CCC(c3cc4c(c(F)c3F)OC(C)CC4)CC2)CC1. The lowest BCUT2D eigenvalue weighted by atomic mass is 9.68. The predicted octanol–water partition coefficient (Wildman–Crippen LogP) is 7.80. The van der Waals surface area contributed by atoms with Gasteiger partial charge in [0.1, 0.15) is 0 Å². The summed E-state index contributed by atoms with van der Waals surface area (Å²) in [5.41, 5.74) is 1.47. The highest BCUT2D eigenvalue weighted by atomic mass is 19.2. The number of benzene rings is 1. The lowest BCUT2D eigenvalue weighted by Crippen LogP contribution is -2.25. The number of fused-ring (bicyclic) bond motifs is 1. The first kappa shape index (κ1) is 21.6. The van der Waals surface area contributed by atoms with Crippen molar-refractivity contribution >= 4 is 0 Å². The molecule has 4 rings (SSSR count). The Labute approximate surface area is 170 Å². The van der Waals surface area contributed by atoms with Gasteiger partial charge in [0.25, 0.3) is 0 Å². The summed E-state index contributed by atoms with van der Waals surface area (Å²) in [6.45, 7) is 8.28. The highest BCUT2D eigenvalue weighted by molar-refractivity contribution is 5.42. The second-order valence-corrected chi connectivity index (χ2v) is 9.18. The van der Waals surface area contributed by atoms with E-state index < -0.39 is 11.6 Å². The van der Waals surface area contributed by atoms with Crippen LogP contribution in [0.2, 0.25) is 0 Å². The molecule has 1 heterocycles. The number of hydrogen-bond acceptors (Lipinski definition) is 1. The van der Waals surface area contributed by atoms with Crippen LogP contribution in [-0.2, 0) is 6.42 Å². The molecular formula is C25H38F2O. The smallest absolute Gasteiger partial charge is 0.201 e. The van der Waals surface area contributed by atoms with Crippen LogP contribution >= 0.6 is 0 Å². The molecule has 3 heteroatoms. The van der Waals surface area contributed by atoms with Gasteiger partial charge in [0, 0.05) is 0 Å². The van der Waals surface area contributed by atoms with Crippen LogP contribution in [0.4, 0.5) is 8.78 Å². The van der Waals surface area contributed by atoms with Crippen molar-refractivity contribution in [3.63, 3.8) is 0 Å². The summed E-state index contributed by atoms with van der Waals surface area (Å²) in [7, 11) is 0. The Kier molecular flexibility index (Phi) is 7.39. The van der Waals surface area contributed by atoms with Gasteiger partial charge in [0.05, 0.1) is 6.10 Å². The van der Waals surface area contributed by atoms with Crippen molar-refractivity contribution in [3.05, 3.63) is 28.8 Å². The van der Waals surface area contributed by atoms with Crippen LogP contribution in [0.15, 0.2) is 6.07 Å². The second kappa shape index (κ2) is 9.59. The molecule has 2 aliphatic carbocycles. The van der Waals surface area contributed by atoms with Crippen molar-refractivity contribution in [2.75, 3.05) is 0 Å². The summed E-state index contributed by atoms with van der Waals surface area (Å²) in [6.07, 6.45) is 11.5. The molecule has 0 amide bonds. The maximum Gasteiger partial charge on any atom is 0.201 e. The Balaban J connectivity index is 0.00000109. The van der Waals surface area contributed by atoms with Crippen LogP contribution in [0, 0.1) is 29.4 Å². The third kappa shape index (κ3) is 4.54. The molecule has 0 spiro atoms. The van der Waals surface area contributed by atoms with Crippen molar-refractivity contribution in [2.24, 2.45) is 17.8 Å². The van der Waals surface area contributed by atoms with Crippen molar-refractivity contribution in [2.45, 2.75) is 104 Å². The minimum atomic E-state index is -0.757. The lowest BCUT2D eigenvalue weighted by molar-refractivity contribution is 0.163. The largest absolute Gasteiger partial charge is 0.487 e. The normalized spacial score (nSPS) is 32.6. The van der Waals surface area contributed by atoms with Crippen molar-refractivity contribution < 1.29 is 13.5 Å². The van der Waals surface area contributed by atoms with Crippen LogP contribution in [-0.4, -0.2) is 6.10 Å². The van der Waals surface area contributed by atoms with E-state index in [1.165, 1.54) is 38.5 Å². The molecule has 1 atom stereocenters. The molecular weight excluding hydrogens is 354 g/mol. The Morgan fingerprint density at radius 1 is 0.786 bits per heavy atom. The Morgan fingerprint density at radius 3 is 1.96 bits per heavy atom. The van der Waals surface area contributed by atoms with Crippen molar-refractivity contribution in [3.8, 4) is 5.75 Å². The van der Waals surface area contributed by atoms with Gasteiger partial charge in [-0.1, -0.05) is 33.6 Å². The van der Waals surface area contributed by atoms with E-state index in [2.05, 4.69) is 6.92 Å². The summed E-state index contributed by atoms with van der Waals surface area (Å²) < 4.78 is 34.9. The minimum Gasteiger partial charge on any atom is -0.487 e. The zero-order valence-corrected chi connectivity index (χ0v) is 18.2. The van der Waals surface area contributed by atoms with Crippen LogP contribution in [0.1, 0.15) is 103 Å². The maximum atomic E-state index is 14.7. The third-order valence-electron chi connectivity index (χ3n) is 7.34. The first-order chi connectivity index (χ1) is 13.5. The molecule has 0 bridgehead atoms. The van der Waals surface area contributed by atoms with Gasteiger partial charge in [-0.3, -0.25) is 0 Å². The topological polar surface area (TPSA) is 9.23 Å². The van der Waals surface area contributed by atoms with Crippen LogP contribution in [0.5, 0.6) is 5.75 Å². The first-order valence-corrected chi connectivity index (χ1v) is 11.7. The van der Waals surface area contributed by atoms with Crippen LogP contribution < -0.4 is 4.74 Å². The fourth-order valence-electron chi connectivity index (χ4n) is 5.57. The molecule has 2 fully saturated rings. The van der Waals surface area contributed by atoms with Gasteiger partial charge >= 0.3 is 0 Å². The Hall–Kier alpha value is -1.12. The molecule has 0 N–H and O–H groups in total. The fourth-order valence-corrected chi connectivity index (χ4v) is 5.57. The second-order valence-electron chi connectivity index (χ2n) is 9.18. The van der Waals surface area contributed by atoms with E-state index in [9.17, 15) is 8.78 Å². The first-order valence-electron chi connectivity index (χ1n) is 11.7. The molecule has 1 unspecified atom stereocenters. The van der Waals surface area contributed by atoms with Gasteiger partial charge in [0.2, 0.25) is 5.82 Å². The average molecular weight is 393 g/mol. The van der Waals surface area contributed by atoms with Crippen molar-refractivity contribution in [1.29, 1.82) is 0 Å². The quantitative estimate of drug-likeness (QED) is 0.499. The third-order valence-corrected chi connectivity index (χ3v) is 7.34. The summed E-state index contributed by atoms with van der Waals surface area (Å²) in [4.78, 5) is 0. The van der Waals surface area contributed by atoms with E-state index in [4.69, 9.17) is 4.74 Å². The van der Waals surface area contributed by atoms with E-state index in [0.29, 0.717) is 5.56 Å². The number of hydrogen-bond donors (Lipinski definition) is 0. The summed E-state index contributed by atoms with van der Waals surface area (Å²) >= 11 is 0. The maximum absolute atomic E-state index is 14.7. The zero-order valence-electron chi connectivity index (χ0n) is 18.2. The molecule has 2 saturated carbocycles. The summed E-state index contributed by atoms with van der Waals surface area (Å²) in [5, 5.41) is 0. The molecule has 1 aliphatic heterocycles. The lowest BCUT2D eigenvalue weighted by Gasteiger charge is -2.37.